The molecular formula is C23H30N2O2. The van der Waals surface area contributed by atoms with E-state index in [2.05, 4.69) is 30.7 Å². The van der Waals surface area contributed by atoms with Gasteiger partial charge in [-0.2, -0.15) is 0 Å². The Morgan fingerprint density at radius 3 is 2.30 bits per heavy atom. The van der Waals surface area contributed by atoms with E-state index in [9.17, 15) is 4.79 Å². The summed E-state index contributed by atoms with van der Waals surface area (Å²) in [5.41, 5.74) is 2.86. The first kappa shape index (κ1) is 19.6. The van der Waals surface area contributed by atoms with Crippen molar-refractivity contribution >= 4 is 5.78 Å². The summed E-state index contributed by atoms with van der Waals surface area (Å²) in [6.07, 6.45) is 4.16. The van der Waals surface area contributed by atoms with Crippen LogP contribution in [0, 0.1) is 5.92 Å². The molecular weight excluding hydrogens is 336 g/mol. The third-order valence-corrected chi connectivity index (χ3v) is 5.37. The number of ether oxygens (including phenoxy) is 1. The van der Waals surface area contributed by atoms with E-state index in [1.54, 1.807) is 13.1 Å². The van der Waals surface area contributed by atoms with Crippen LogP contribution in [0.5, 0.6) is 5.75 Å². The molecule has 2 heterocycles. The zero-order valence-corrected chi connectivity index (χ0v) is 16.9. The molecule has 1 aromatic heterocycles. The third kappa shape index (κ3) is 5.16. The predicted molar refractivity (Wildman–Crippen MR) is 109 cm³/mol. The number of carbonyl (C=O) groups is 1. The first-order valence-electron chi connectivity index (χ1n) is 9.78. The van der Waals surface area contributed by atoms with Crippen LogP contribution in [0.1, 0.15) is 50.9 Å². The SMILES string of the molecule is CC(=O)c1ccc(-c2ccc(OCC3CCN(C(C)(C)C)CC3)cn2)cc1. The lowest BCUT2D eigenvalue weighted by molar-refractivity contribution is 0.0720. The highest BCUT2D eigenvalue weighted by Crippen LogP contribution is 2.25. The number of aromatic nitrogens is 1. The normalized spacial score (nSPS) is 16.3. The Morgan fingerprint density at radius 1 is 1.11 bits per heavy atom. The van der Waals surface area contributed by atoms with Crippen molar-refractivity contribution in [2.24, 2.45) is 5.92 Å². The molecule has 3 rings (SSSR count). The highest BCUT2D eigenvalue weighted by Gasteiger charge is 2.27. The first-order chi connectivity index (χ1) is 12.8. The topological polar surface area (TPSA) is 42.4 Å². The molecule has 2 aromatic rings. The molecule has 0 radical (unpaired) electrons. The number of hydrogen-bond acceptors (Lipinski definition) is 4. The fourth-order valence-corrected chi connectivity index (χ4v) is 3.50. The molecule has 27 heavy (non-hydrogen) atoms. The van der Waals surface area contributed by atoms with Crippen molar-refractivity contribution in [3.63, 3.8) is 0 Å². The molecule has 4 nitrogen and oxygen atoms in total. The number of Topliss-reactive ketones (excluding diaryl/α,β-unsaturated/α-hetero) is 1. The summed E-state index contributed by atoms with van der Waals surface area (Å²) >= 11 is 0. The van der Waals surface area contributed by atoms with Crippen LogP contribution in [-0.4, -0.2) is 40.9 Å². The van der Waals surface area contributed by atoms with Crippen molar-refractivity contribution < 1.29 is 9.53 Å². The van der Waals surface area contributed by atoms with Gasteiger partial charge in [0.15, 0.2) is 5.78 Å². The number of pyridine rings is 1. The molecule has 0 N–H and O–H groups in total. The number of hydrogen-bond donors (Lipinski definition) is 0. The van der Waals surface area contributed by atoms with Crippen LogP contribution in [0.2, 0.25) is 0 Å². The summed E-state index contributed by atoms with van der Waals surface area (Å²) in [6, 6.07) is 11.5. The molecule has 1 fully saturated rings. The summed E-state index contributed by atoms with van der Waals surface area (Å²) in [5, 5.41) is 0. The maximum Gasteiger partial charge on any atom is 0.159 e. The summed E-state index contributed by atoms with van der Waals surface area (Å²) in [7, 11) is 0. The zero-order valence-electron chi connectivity index (χ0n) is 16.9. The van der Waals surface area contributed by atoms with E-state index in [-0.39, 0.29) is 11.3 Å². The van der Waals surface area contributed by atoms with Gasteiger partial charge in [-0.1, -0.05) is 24.3 Å². The van der Waals surface area contributed by atoms with Gasteiger partial charge in [0.25, 0.3) is 0 Å². The second kappa shape index (κ2) is 8.22. The van der Waals surface area contributed by atoms with Crippen LogP contribution >= 0.6 is 0 Å². The largest absolute Gasteiger partial charge is 0.492 e. The zero-order chi connectivity index (χ0) is 19.4. The lowest BCUT2D eigenvalue weighted by atomic mass is 9.94. The lowest BCUT2D eigenvalue weighted by Gasteiger charge is -2.40. The van der Waals surface area contributed by atoms with Crippen molar-refractivity contribution in [3.05, 3.63) is 48.2 Å². The van der Waals surface area contributed by atoms with Crippen LogP contribution in [0.15, 0.2) is 42.6 Å². The van der Waals surface area contributed by atoms with Crippen LogP contribution in [0.4, 0.5) is 0 Å². The minimum absolute atomic E-state index is 0.0755. The molecule has 1 aliphatic rings. The molecule has 4 heteroatoms. The van der Waals surface area contributed by atoms with Crippen LogP contribution in [0.25, 0.3) is 11.3 Å². The molecule has 0 unspecified atom stereocenters. The van der Waals surface area contributed by atoms with Crippen molar-refractivity contribution in [1.82, 2.24) is 9.88 Å². The van der Waals surface area contributed by atoms with Gasteiger partial charge in [-0.3, -0.25) is 14.7 Å². The van der Waals surface area contributed by atoms with Gasteiger partial charge in [-0.15, -0.1) is 0 Å². The molecule has 0 spiro atoms. The van der Waals surface area contributed by atoms with E-state index in [4.69, 9.17) is 4.74 Å². The Kier molecular flexibility index (Phi) is 5.95. The second-order valence-corrected chi connectivity index (χ2v) is 8.42. The Hall–Kier alpha value is -2.20. The highest BCUT2D eigenvalue weighted by molar-refractivity contribution is 5.94. The van der Waals surface area contributed by atoms with E-state index in [1.165, 1.54) is 12.8 Å². The van der Waals surface area contributed by atoms with Gasteiger partial charge in [0, 0.05) is 16.7 Å². The molecule has 0 bridgehead atoms. The smallest absolute Gasteiger partial charge is 0.159 e. The standard InChI is InChI=1S/C23H30N2O2/c1-17(26)19-5-7-20(8-6-19)22-10-9-21(15-24-22)27-16-18-11-13-25(14-12-18)23(2,3)4/h5-10,15,18H,11-14,16H2,1-4H3. The number of nitrogens with zero attached hydrogens (tertiary/aromatic N) is 2. The molecule has 144 valence electrons. The maximum atomic E-state index is 11.4. The van der Waals surface area contributed by atoms with Crippen molar-refractivity contribution in [3.8, 4) is 17.0 Å². The van der Waals surface area contributed by atoms with E-state index >= 15 is 0 Å². The lowest BCUT2D eigenvalue weighted by Crippen LogP contribution is -2.46. The van der Waals surface area contributed by atoms with Crippen LogP contribution in [0.3, 0.4) is 0 Å². The van der Waals surface area contributed by atoms with Gasteiger partial charge in [-0.25, -0.2) is 0 Å². The highest BCUT2D eigenvalue weighted by atomic mass is 16.5. The van der Waals surface area contributed by atoms with E-state index < -0.39 is 0 Å². The summed E-state index contributed by atoms with van der Waals surface area (Å²) in [5.74, 6) is 1.51. The number of carbonyl (C=O) groups excluding carboxylic acids is 1. The summed E-state index contributed by atoms with van der Waals surface area (Å²) in [6.45, 7) is 11.5. The van der Waals surface area contributed by atoms with Crippen molar-refractivity contribution in [2.75, 3.05) is 19.7 Å². The van der Waals surface area contributed by atoms with Crippen LogP contribution in [-0.2, 0) is 0 Å². The third-order valence-electron chi connectivity index (χ3n) is 5.37. The summed E-state index contributed by atoms with van der Waals surface area (Å²) in [4.78, 5) is 18.4. The van der Waals surface area contributed by atoms with E-state index in [1.807, 2.05) is 36.4 Å². The molecule has 0 amide bonds. The Labute approximate surface area is 162 Å². The number of likely N-dealkylation sites (tertiary alicyclic amines) is 1. The number of ketones is 1. The van der Waals surface area contributed by atoms with Gasteiger partial charge in [-0.05, 0) is 71.7 Å². The molecule has 0 atom stereocenters. The van der Waals surface area contributed by atoms with Gasteiger partial charge < -0.3 is 4.74 Å². The Bertz CT molecular complexity index is 752. The fourth-order valence-electron chi connectivity index (χ4n) is 3.50. The average Bonchev–Trinajstić information content (AvgIpc) is 2.66. The monoisotopic (exact) mass is 366 g/mol. The number of rotatable bonds is 5. The Balaban J connectivity index is 1.52. The molecule has 1 aliphatic heterocycles. The van der Waals surface area contributed by atoms with E-state index in [0.717, 1.165) is 42.3 Å². The van der Waals surface area contributed by atoms with Crippen LogP contribution < -0.4 is 4.74 Å². The average molecular weight is 367 g/mol. The fraction of sp³-hybridized carbons (Fsp3) is 0.478. The van der Waals surface area contributed by atoms with Gasteiger partial charge in [0.05, 0.1) is 18.5 Å². The minimum atomic E-state index is 0.0755. The summed E-state index contributed by atoms with van der Waals surface area (Å²) < 4.78 is 5.98. The number of benzene rings is 1. The molecule has 1 saturated heterocycles. The maximum absolute atomic E-state index is 11.4. The predicted octanol–water partition coefficient (Wildman–Crippen LogP) is 4.84. The quantitative estimate of drug-likeness (QED) is 0.710. The van der Waals surface area contributed by atoms with Gasteiger partial charge in [0.2, 0.25) is 0 Å². The minimum Gasteiger partial charge on any atom is -0.492 e. The first-order valence-corrected chi connectivity index (χ1v) is 9.78. The van der Waals surface area contributed by atoms with Crippen molar-refractivity contribution in [1.29, 1.82) is 0 Å². The van der Waals surface area contributed by atoms with Gasteiger partial charge in [0.1, 0.15) is 5.75 Å². The number of piperidine rings is 1. The second-order valence-electron chi connectivity index (χ2n) is 8.42. The van der Waals surface area contributed by atoms with E-state index in [0.29, 0.717) is 5.92 Å². The molecule has 1 aromatic carbocycles. The molecule has 0 aliphatic carbocycles. The Morgan fingerprint density at radius 2 is 1.78 bits per heavy atom. The molecule has 0 saturated carbocycles. The van der Waals surface area contributed by atoms with Crippen molar-refractivity contribution in [2.45, 2.75) is 46.1 Å². The van der Waals surface area contributed by atoms with Gasteiger partial charge >= 0.3 is 0 Å².